The van der Waals surface area contributed by atoms with E-state index in [1.807, 2.05) is 12.1 Å². The molecule has 1 aromatic carbocycles. The third kappa shape index (κ3) is 5.11. The highest BCUT2D eigenvalue weighted by molar-refractivity contribution is 5.88. The molecule has 2 amide bonds. The monoisotopic (exact) mass is 341 g/mol. The molecule has 1 aromatic heterocycles. The van der Waals surface area contributed by atoms with Crippen LogP contribution in [0.4, 0.5) is 4.39 Å². The van der Waals surface area contributed by atoms with Gasteiger partial charge in [0.25, 0.3) is 0 Å². The van der Waals surface area contributed by atoms with E-state index in [4.69, 9.17) is 0 Å². The fourth-order valence-electron chi connectivity index (χ4n) is 2.58. The molecule has 0 spiro atoms. The molecule has 1 heterocycles. The predicted molar refractivity (Wildman–Crippen MR) is 91.3 cm³/mol. The predicted octanol–water partition coefficient (Wildman–Crippen LogP) is 1.94. The molecule has 3 rings (SSSR count). The minimum Gasteiger partial charge on any atom is -0.352 e. The molecular formula is C19H20FN3O2. The van der Waals surface area contributed by atoms with Gasteiger partial charge in [-0.25, -0.2) is 4.39 Å². The first-order valence-electron chi connectivity index (χ1n) is 8.34. The lowest BCUT2D eigenvalue weighted by Gasteiger charge is -2.17. The van der Waals surface area contributed by atoms with Gasteiger partial charge in [-0.05, 0) is 42.7 Å². The minimum absolute atomic E-state index is 0.0603. The molecule has 6 heteroatoms. The molecule has 1 atom stereocenters. The molecule has 0 aliphatic heterocycles. The number of nitrogens with zero attached hydrogens (tertiary/aromatic N) is 1. The summed E-state index contributed by atoms with van der Waals surface area (Å²) >= 11 is 0. The number of nitrogens with one attached hydrogen (secondary N) is 2. The molecule has 1 unspecified atom stereocenters. The Morgan fingerprint density at radius 3 is 2.56 bits per heavy atom. The SMILES string of the molecule is O=C(CNC(=O)C(Cc1ccccn1)c1ccc(F)cc1)NC1CC1. The summed E-state index contributed by atoms with van der Waals surface area (Å²) in [5.74, 6) is -1.36. The molecule has 130 valence electrons. The van der Waals surface area contributed by atoms with Gasteiger partial charge in [0.15, 0.2) is 0 Å². The maximum atomic E-state index is 13.2. The molecular weight excluding hydrogens is 321 g/mol. The lowest BCUT2D eigenvalue weighted by Crippen LogP contribution is -2.40. The van der Waals surface area contributed by atoms with Crippen LogP contribution in [0.15, 0.2) is 48.7 Å². The fraction of sp³-hybridized carbons (Fsp3) is 0.316. The summed E-state index contributed by atoms with van der Waals surface area (Å²) in [4.78, 5) is 28.7. The smallest absolute Gasteiger partial charge is 0.239 e. The van der Waals surface area contributed by atoms with E-state index in [1.165, 1.54) is 12.1 Å². The molecule has 5 nitrogen and oxygen atoms in total. The zero-order valence-corrected chi connectivity index (χ0v) is 13.7. The van der Waals surface area contributed by atoms with E-state index in [1.54, 1.807) is 24.4 Å². The van der Waals surface area contributed by atoms with Crippen molar-refractivity contribution in [2.45, 2.75) is 31.2 Å². The molecule has 1 saturated carbocycles. The van der Waals surface area contributed by atoms with Crippen molar-refractivity contribution in [3.05, 3.63) is 65.7 Å². The second kappa shape index (κ2) is 7.88. The van der Waals surface area contributed by atoms with E-state index in [2.05, 4.69) is 15.6 Å². The standard InChI is InChI=1S/C19H20FN3O2/c20-14-6-4-13(5-7-14)17(11-16-3-1-2-10-21-16)19(25)22-12-18(24)23-15-8-9-15/h1-7,10,15,17H,8-9,11-12H2,(H,22,25)(H,23,24). The lowest BCUT2D eigenvalue weighted by molar-refractivity contribution is -0.127. The second-order valence-corrected chi connectivity index (χ2v) is 6.19. The van der Waals surface area contributed by atoms with Gasteiger partial charge in [0.2, 0.25) is 11.8 Å². The van der Waals surface area contributed by atoms with Gasteiger partial charge in [-0.3, -0.25) is 14.6 Å². The van der Waals surface area contributed by atoms with Crippen molar-refractivity contribution in [3.63, 3.8) is 0 Å². The fourth-order valence-corrected chi connectivity index (χ4v) is 2.58. The number of halogens is 1. The van der Waals surface area contributed by atoms with Gasteiger partial charge in [0.05, 0.1) is 12.5 Å². The molecule has 1 fully saturated rings. The summed E-state index contributed by atoms with van der Waals surface area (Å²) in [6.07, 6.45) is 4.04. The van der Waals surface area contributed by atoms with Gasteiger partial charge < -0.3 is 10.6 Å². The first kappa shape index (κ1) is 17.1. The van der Waals surface area contributed by atoms with Crippen LogP contribution in [0, 0.1) is 5.82 Å². The zero-order chi connectivity index (χ0) is 17.6. The van der Waals surface area contributed by atoms with Crippen molar-refractivity contribution in [2.24, 2.45) is 0 Å². The first-order chi connectivity index (χ1) is 12.1. The first-order valence-corrected chi connectivity index (χ1v) is 8.34. The Hall–Kier alpha value is -2.76. The number of pyridine rings is 1. The van der Waals surface area contributed by atoms with Crippen LogP contribution in [0.1, 0.15) is 30.0 Å². The topological polar surface area (TPSA) is 71.1 Å². The van der Waals surface area contributed by atoms with Gasteiger partial charge in [0.1, 0.15) is 5.82 Å². The van der Waals surface area contributed by atoms with E-state index in [-0.39, 0.29) is 30.2 Å². The number of aromatic nitrogens is 1. The Labute approximate surface area is 145 Å². The number of benzene rings is 1. The molecule has 1 aliphatic rings. The van der Waals surface area contributed by atoms with Crippen molar-refractivity contribution in [3.8, 4) is 0 Å². The summed E-state index contributed by atoms with van der Waals surface area (Å²) in [5, 5.41) is 5.51. The van der Waals surface area contributed by atoms with Crippen molar-refractivity contribution in [1.29, 1.82) is 0 Å². The summed E-state index contributed by atoms with van der Waals surface area (Å²) in [6.45, 7) is -0.0603. The van der Waals surface area contributed by atoms with Gasteiger partial charge in [0, 0.05) is 24.4 Å². The second-order valence-electron chi connectivity index (χ2n) is 6.19. The molecule has 2 aromatic rings. The quantitative estimate of drug-likeness (QED) is 0.808. The molecule has 0 saturated heterocycles. The summed E-state index contributed by atoms with van der Waals surface area (Å²) in [7, 11) is 0. The van der Waals surface area contributed by atoms with E-state index in [0.717, 1.165) is 18.5 Å². The average molecular weight is 341 g/mol. The summed E-state index contributed by atoms with van der Waals surface area (Å²) in [5.41, 5.74) is 1.45. The molecule has 0 bridgehead atoms. The maximum Gasteiger partial charge on any atom is 0.239 e. The van der Waals surface area contributed by atoms with E-state index in [0.29, 0.717) is 12.0 Å². The van der Waals surface area contributed by atoms with E-state index in [9.17, 15) is 14.0 Å². The Morgan fingerprint density at radius 2 is 1.92 bits per heavy atom. The Morgan fingerprint density at radius 1 is 1.16 bits per heavy atom. The van der Waals surface area contributed by atoms with Gasteiger partial charge in [-0.15, -0.1) is 0 Å². The Bertz CT molecular complexity index is 730. The normalized spacial score (nSPS) is 14.6. The number of hydrogen-bond acceptors (Lipinski definition) is 3. The molecule has 1 aliphatic carbocycles. The molecule has 2 N–H and O–H groups in total. The molecule has 25 heavy (non-hydrogen) atoms. The van der Waals surface area contributed by atoms with Crippen LogP contribution < -0.4 is 10.6 Å². The largest absolute Gasteiger partial charge is 0.352 e. The van der Waals surface area contributed by atoms with Crippen molar-refractivity contribution in [2.75, 3.05) is 6.54 Å². The highest BCUT2D eigenvalue weighted by Crippen LogP contribution is 2.21. The number of rotatable bonds is 7. The van der Waals surface area contributed by atoms with Crippen molar-refractivity contribution >= 4 is 11.8 Å². The van der Waals surface area contributed by atoms with Gasteiger partial charge in [-0.2, -0.15) is 0 Å². The molecule has 0 radical (unpaired) electrons. The van der Waals surface area contributed by atoms with Crippen molar-refractivity contribution in [1.82, 2.24) is 15.6 Å². The van der Waals surface area contributed by atoms with Crippen LogP contribution in [-0.2, 0) is 16.0 Å². The van der Waals surface area contributed by atoms with Crippen molar-refractivity contribution < 1.29 is 14.0 Å². The van der Waals surface area contributed by atoms with Crippen LogP contribution >= 0.6 is 0 Å². The Kier molecular flexibility index (Phi) is 5.38. The average Bonchev–Trinajstić information content (AvgIpc) is 3.43. The summed E-state index contributed by atoms with van der Waals surface area (Å²) in [6, 6.07) is 11.6. The van der Waals surface area contributed by atoms with Gasteiger partial charge in [-0.1, -0.05) is 18.2 Å². The van der Waals surface area contributed by atoms with Crippen LogP contribution in [0.2, 0.25) is 0 Å². The van der Waals surface area contributed by atoms with Crippen LogP contribution in [0.3, 0.4) is 0 Å². The van der Waals surface area contributed by atoms with Crippen LogP contribution in [-0.4, -0.2) is 29.4 Å². The van der Waals surface area contributed by atoms with Crippen LogP contribution in [0.5, 0.6) is 0 Å². The number of carbonyl (C=O) groups excluding carboxylic acids is 2. The lowest BCUT2D eigenvalue weighted by atomic mass is 9.93. The highest BCUT2D eigenvalue weighted by Gasteiger charge is 2.25. The Balaban J connectivity index is 1.69. The van der Waals surface area contributed by atoms with E-state index >= 15 is 0 Å². The third-order valence-electron chi connectivity index (χ3n) is 4.09. The van der Waals surface area contributed by atoms with Crippen LogP contribution in [0.25, 0.3) is 0 Å². The van der Waals surface area contributed by atoms with E-state index < -0.39 is 5.92 Å². The highest BCUT2D eigenvalue weighted by atomic mass is 19.1. The third-order valence-corrected chi connectivity index (χ3v) is 4.09. The number of carbonyl (C=O) groups is 2. The minimum atomic E-state index is -0.538. The maximum absolute atomic E-state index is 13.2. The number of hydrogen-bond donors (Lipinski definition) is 2. The summed E-state index contributed by atoms with van der Waals surface area (Å²) < 4.78 is 13.2. The zero-order valence-electron chi connectivity index (χ0n) is 13.7. The van der Waals surface area contributed by atoms with Gasteiger partial charge >= 0.3 is 0 Å². The number of amides is 2.